The molecule has 0 saturated carbocycles. The van der Waals surface area contributed by atoms with Gasteiger partial charge < -0.3 is 0 Å². The van der Waals surface area contributed by atoms with Crippen LogP contribution in [0.15, 0.2) is 433 Å². The number of hydrogen-bond acceptors (Lipinski definition) is 12. The number of benzene rings is 18. The maximum Gasteiger partial charge on any atom is 0.247 e. The number of aryl methyl sites for hydroxylation is 2. The summed E-state index contributed by atoms with van der Waals surface area (Å²) in [6, 6.07) is 121. The third kappa shape index (κ3) is 10.5. The Morgan fingerprint density at radius 1 is 0.156 bits per heavy atom. The van der Waals surface area contributed by atoms with E-state index in [1.165, 1.54) is 243 Å². The molecule has 1 aliphatic carbocycles. The van der Waals surface area contributed by atoms with E-state index in [0.29, 0.717) is 13.4 Å². The van der Waals surface area contributed by atoms with E-state index in [0.717, 1.165) is 12.8 Å². The van der Waals surface area contributed by atoms with Gasteiger partial charge in [-0.3, -0.25) is 0 Å². The lowest BCUT2D eigenvalue weighted by Gasteiger charge is -2.36. The molecular weight excluding hydrogens is 1700 g/mol. The van der Waals surface area contributed by atoms with Crippen LogP contribution >= 0.6 is 141 Å². The van der Waals surface area contributed by atoms with Gasteiger partial charge in [-0.25, -0.2) is 0 Å². The molecule has 0 aromatic heterocycles. The second-order valence-electron chi connectivity index (χ2n) is 33.4. The summed E-state index contributed by atoms with van der Waals surface area (Å²) in [6.45, 7) is 1.71. The van der Waals surface area contributed by atoms with Gasteiger partial charge in [0.05, 0.1) is 0 Å². The largest absolute Gasteiger partial charge is 0.247 e. The second-order valence-corrected chi connectivity index (χ2v) is 46.4. The molecule has 13 aliphatic rings. The van der Waals surface area contributed by atoms with Crippen LogP contribution in [0, 0.1) is 0 Å². The van der Waals surface area contributed by atoms with Crippen molar-refractivity contribution in [3.63, 3.8) is 0 Å². The maximum atomic E-state index is 2.61. The van der Waals surface area contributed by atoms with Crippen molar-refractivity contribution in [2.75, 3.05) is 0 Å². The van der Waals surface area contributed by atoms with Crippen molar-refractivity contribution in [1.29, 1.82) is 0 Å². The van der Waals surface area contributed by atoms with Crippen molar-refractivity contribution >= 4 is 312 Å². The molecule has 0 atom stereocenters. The SMILES string of the molecule is c1ccc2c(c1)Sc1cccc3c1B2c1cc2c4c(cc5c(c4c1S3)Sc1cccc3c1B5c1ccccc1S3)CC2.c1ccc2c(c1)Sc1cccc3c1B2c1cc2cc4c(cc2cc1S3)Sc1cccc2c1B4c1ccccc1S2.c1ccc2c(c1)Sc1cccc3c1B2c1cc2ccc4c(c2cc1S3)B1c2ccccc2Sc2cccc(c21)S4. The molecule has 12 aliphatic heterocycles. The number of fused-ring (bicyclic) bond motifs is 29. The van der Waals surface area contributed by atoms with Crippen LogP contribution < -0.4 is 98.3 Å². The Morgan fingerprint density at radius 2 is 0.402 bits per heavy atom. The van der Waals surface area contributed by atoms with Gasteiger partial charge in [0.2, 0.25) is 40.3 Å². The van der Waals surface area contributed by atoms with Crippen LogP contribution in [-0.2, 0) is 12.8 Å². The van der Waals surface area contributed by atoms with Crippen LogP contribution in [0.25, 0.3) is 32.3 Å². The van der Waals surface area contributed by atoms with Gasteiger partial charge in [0, 0.05) is 123 Å². The molecule has 122 heavy (non-hydrogen) atoms. The minimum Gasteiger partial charge on any atom is -0.0911 e. The van der Waals surface area contributed by atoms with Crippen LogP contribution in [0.1, 0.15) is 11.1 Å². The standard InChI is InChI=1S/C36H20B2S4.2C34H18B2S4/c1-3-9-25-21(7-1)37-23-17-19-15-16-20-18-24-36(32(31(19)20)35(23)41-29-13-5-11-27(39-25)33(29)37)42-30-14-6-12-28-34(30)38(24)22-8-2-4-10-26(22)40-28;1-3-9-25-21(7-1)35-23-15-19-16-24-32(18-20(19)17-31(23)39-29-13-5-11-27(37-25)33(29)35)40-30-14-6-12-28-34(30)36(24)22-8-2-4-10-26(22)38-28;1-3-9-24-21(7-1)35-23-17-19-15-16-30-32(20(19)18-31(23)40-27-12-5-11-26(37-24)33(27)35)36-22-8-2-4-10-25(22)38-28-13-6-14-29(39-30)34(28)36/h1-14,17-18H,15-16H2;2*1-18H. The molecule has 12 heterocycles. The first kappa shape index (κ1) is 71.6. The average Bonchev–Trinajstić information content (AvgIpc) is 1.26. The Balaban J connectivity index is 0.0000000923. The van der Waals surface area contributed by atoms with Crippen molar-refractivity contribution in [1.82, 2.24) is 0 Å². The summed E-state index contributed by atoms with van der Waals surface area (Å²) in [7, 11) is 0. The highest BCUT2D eigenvalue weighted by atomic mass is 32.2. The summed E-state index contributed by atoms with van der Waals surface area (Å²) < 4.78 is 0. The summed E-state index contributed by atoms with van der Waals surface area (Å²) >= 11 is 23.5. The van der Waals surface area contributed by atoms with Gasteiger partial charge in [-0.15, -0.1) is 0 Å². The highest BCUT2D eigenvalue weighted by molar-refractivity contribution is 8.04. The van der Waals surface area contributed by atoms with E-state index in [1.807, 2.05) is 141 Å². The molecule has 0 unspecified atom stereocenters. The first-order chi connectivity index (χ1) is 60.4. The molecule has 0 amide bonds. The molecule has 31 rings (SSSR count). The topological polar surface area (TPSA) is 0 Å². The molecule has 18 heteroatoms. The van der Waals surface area contributed by atoms with E-state index in [4.69, 9.17) is 0 Å². The summed E-state index contributed by atoms with van der Waals surface area (Å²) in [5.74, 6) is 0. The van der Waals surface area contributed by atoms with E-state index >= 15 is 0 Å². The highest BCUT2D eigenvalue weighted by Gasteiger charge is 2.48. The lowest BCUT2D eigenvalue weighted by atomic mass is 9.35. The van der Waals surface area contributed by atoms with Crippen LogP contribution in [0.4, 0.5) is 0 Å². The molecule has 0 fully saturated rings. The van der Waals surface area contributed by atoms with E-state index in [2.05, 4.69) is 315 Å². The lowest BCUT2D eigenvalue weighted by Crippen LogP contribution is -2.59. The van der Waals surface area contributed by atoms with Crippen LogP contribution in [0.3, 0.4) is 0 Å². The fourth-order valence-corrected chi connectivity index (χ4v) is 37.1. The lowest BCUT2D eigenvalue weighted by molar-refractivity contribution is 1.03. The van der Waals surface area contributed by atoms with E-state index in [9.17, 15) is 0 Å². The van der Waals surface area contributed by atoms with E-state index in [1.54, 1.807) is 16.5 Å². The highest BCUT2D eigenvalue weighted by Crippen LogP contribution is 2.52. The molecule has 18 aromatic rings. The third-order valence-corrected chi connectivity index (χ3v) is 41.2. The van der Waals surface area contributed by atoms with Crippen molar-refractivity contribution in [3.8, 4) is 0 Å². The molecule has 18 aromatic carbocycles. The second kappa shape index (κ2) is 27.4. The molecule has 0 spiro atoms. The molecule has 0 nitrogen and oxygen atoms in total. The third-order valence-electron chi connectivity index (χ3n) is 27.2. The Bertz CT molecular complexity index is 7470. The molecule has 0 N–H and O–H groups in total. The molecular formula is C104H56B6S12. The Labute approximate surface area is 760 Å². The fourth-order valence-electron chi connectivity index (χ4n) is 22.2. The molecule has 562 valence electrons. The Kier molecular flexibility index (Phi) is 16.1. The maximum absolute atomic E-state index is 2.61. The van der Waals surface area contributed by atoms with Gasteiger partial charge in [0.25, 0.3) is 0 Å². The van der Waals surface area contributed by atoms with Crippen molar-refractivity contribution < 1.29 is 0 Å². The van der Waals surface area contributed by atoms with Gasteiger partial charge in [0.15, 0.2) is 0 Å². The van der Waals surface area contributed by atoms with Crippen LogP contribution in [-0.4, -0.2) is 40.3 Å². The molecule has 0 saturated heterocycles. The monoisotopic (exact) mass is 1750 g/mol. The Morgan fingerprint density at radius 3 is 0.746 bits per heavy atom. The molecule has 0 bridgehead atoms. The quantitative estimate of drug-likeness (QED) is 0.133. The van der Waals surface area contributed by atoms with Crippen LogP contribution in [0.5, 0.6) is 0 Å². The summed E-state index contributed by atoms with van der Waals surface area (Å²) in [5, 5.41) is 8.53. The van der Waals surface area contributed by atoms with Gasteiger partial charge in [-0.05, 0) is 223 Å². The number of rotatable bonds is 0. The van der Waals surface area contributed by atoms with E-state index < -0.39 is 0 Å². The minimum atomic E-state index is 0.265. The molecule has 0 radical (unpaired) electrons. The summed E-state index contributed by atoms with van der Waals surface area (Å²) in [6.07, 6.45) is 2.29. The van der Waals surface area contributed by atoms with Crippen molar-refractivity contribution in [2.45, 2.75) is 130 Å². The zero-order chi connectivity index (χ0) is 79.0. The Hall–Kier alpha value is -8.67. The van der Waals surface area contributed by atoms with Crippen molar-refractivity contribution in [3.05, 3.63) is 327 Å². The summed E-state index contributed by atoms with van der Waals surface area (Å²) in [5.41, 5.74) is 29.7. The fraction of sp³-hybridized carbons (Fsp3) is 0.0192. The first-order valence-electron chi connectivity index (χ1n) is 41.8. The predicted molar refractivity (Wildman–Crippen MR) is 534 cm³/mol. The predicted octanol–water partition coefficient (Wildman–Crippen LogP) is 17.3. The zero-order valence-electron chi connectivity index (χ0n) is 64.8. The normalized spacial score (nSPS) is 15.3. The van der Waals surface area contributed by atoms with Crippen molar-refractivity contribution in [2.24, 2.45) is 0 Å². The van der Waals surface area contributed by atoms with Crippen LogP contribution in [0.2, 0.25) is 0 Å². The van der Waals surface area contributed by atoms with E-state index in [-0.39, 0.29) is 26.9 Å². The van der Waals surface area contributed by atoms with Gasteiger partial charge >= 0.3 is 0 Å². The minimum absolute atomic E-state index is 0.265. The summed E-state index contributed by atoms with van der Waals surface area (Å²) in [4.78, 5) is 33.9. The van der Waals surface area contributed by atoms with Gasteiger partial charge in [-0.1, -0.05) is 383 Å². The number of hydrogen-bond donors (Lipinski definition) is 0. The van der Waals surface area contributed by atoms with Gasteiger partial charge in [-0.2, -0.15) is 0 Å². The first-order valence-corrected chi connectivity index (χ1v) is 51.6. The van der Waals surface area contributed by atoms with Gasteiger partial charge in [0.1, 0.15) is 0 Å². The zero-order valence-corrected chi connectivity index (χ0v) is 74.6. The average molecular weight is 1760 g/mol. The smallest absolute Gasteiger partial charge is 0.0911 e.